The molecule has 5 N–H and O–H groups in total. The molecule has 4 atom stereocenters. The van der Waals surface area contributed by atoms with Crippen LogP contribution in [0.1, 0.15) is 63.0 Å². The van der Waals surface area contributed by atoms with Crippen molar-refractivity contribution in [2.45, 2.75) is 76.5 Å². The van der Waals surface area contributed by atoms with Crippen LogP contribution < -0.4 is 21.7 Å². The van der Waals surface area contributed by atoms with Gasteiger partial charge in [-0.25, -0.2) is 4.98 Å². The van der Waals surface area contributed by atoms with Crippen molar-refractivity contribution in [2.24, 2.45) is 23.0 Å². The molecule has 0 spiro atoms. The number of benzene rings is 1. The minimum Gasteiger partial charge on any atom is -0.368 e. The average Bonchev–Trinajstić information content (AvgIpc) is 2.82. The van der Waals surface area contributed by atoms with Gasteiger partial charge in [-0.2, -0.15) is 10.2 Å². The molecule has 2 unspecified atom stereocenters. The van der Waals surface area contributed by atoms with Gasteiger partial charge in [0.25, 0.3) is 0 Å². The molecule has 7 nitrogen and oxygen atoms in total. The van der Waals surface area contributed by atoms with Crippen molar-refractivity contribution >= 4 is 23.4 Å². The van der Waals surface area contributed by atoms with Gasteiger partial charge in [0.1, 0.15) is 17.5 Å². The Morgan fingerprint density at radius 2 is 1.91 bits per heavy atom. The van der Waals surface area contributed by atoms with E-state index in [4.69, 9.17) is 17.3 Å². The Hall–Kier alpha value is -2.40. The van der Waals surface area contributed by atoms with Crippen LogP contribution in [0.3, 0.4) is 0 Å². The van der Waals surface area contributed by atoms with Gasteiger partial charge in [0.2, 0.25) is 5.95 Å². The van der Waals surface area contributed by atoms with E-state index in [9.17, 15) is 5.26 Å². The second-order valence-electron chi connectivity index (χ2n) is 11.2. The van der Waals surface area contributed by atoms with Gasteiger partial charge in [0.05, 0.1) is 6.20 Å². The molecule has 0 radical (unpaired) electrons. The van der Waals surface area contributed by atoms with Crippen LogP contribution in [0.5, 0.6) is 0 Å². The molecular weight excluding hydrogens is 458 g/mol. The molecule has 186 valence electrons. The number of aromatic nitrogens is 2. The summed E-state index contributed by atoms with van der Waals surface area (Å²) < 4.78 is 0. The summed E-state index contributed by atoms with van der Waals surface area (Å²) in [5.74, 6) is 2.50. The standard InChI is InChI=1S/C27H36ClN7/c1-27(11-17-6-4-7-18(12-27)24(17)34-22-9-21(30)10-22)16-33-25-20(13-29)15-32-26(35-25)31-14-19-5-2-3-8-23(19)28/h2-3,5,8,15,17-18,21-22,24,34H,4,6-7,9-12,14,16,30H2,1H3,(H2,31,32,33,35)/t17-,18+,21?,22?,24?,27?. The monoisotopic (exact) mass is 493 g/mol. The fourth-order valence-corrected chi connectivity index (χ4v) is 6.68. The van der Waals surface area contributed by atoms with Gasteiger partial charge in [0.15, 0.2) is 0 Å². The lowest BCUT2D eigenvalue weighted by Crippen LogP contribution is -2.59. The highest BCUT2D eigenvalue weighted by Crippen LogP contribution is 2.49. The predicted molar refractivity (Wildman–Crippen MR) is 140 cm³/mol. The maximum absolute atomic E-state index is 9.63. The van der Waals surface area contributed by atoms with Crippen molar-refractivity contribution in [3.05, 3.63) is 46.6 Å². The number of anilines is 2. The molecule has 0 aliphatic heterocycles. The first-order chi connectivity index (χ1) is 16.9. The highest BCUT2D eigenvalue weighted by molar-refractivity contribution is 6.31. The van der Waals surface area contributed by atoms with E-state index in [0.717, 1.165) is 24.9 Å². The van der Waals surface area contributed by atoms with E-state index in [-0.39, 0.29) is 5.41 Å². The van der Waals surface area contributed by atoms with Gasteiger partial charge in [-0.1, -0.05) is 43.1 Å². The number of fused-ring (bicyclic) bond motifs is 2. The molecule has 3 saturated carbocycles. The Morgan fingerprint density at radius 3 is 2.60 bits per heavy atom. The number of nitriles is 1. The lowest BCUT2D eigenvalue weighted by atomic mass is 9.58. The fraction of sp³-hybridized carbons (Fsp3) is 0.593. The van der Waals surface area contributed by atoms with E-state index in [1.54, 1.807) is 6.20 Å². The number of halogens is 1. The van der Waals surface area contributed by atoms with Crippen molar-refractivity contribution in [1.82, 2.24) is 15.3 Å². The largest absolute Gasteiger partial charge is 0.368 e. The third-order valence-corrected chi connectivity index (χ3v) is 8.63. The Bertz CT molecular complexity index is 1060. The smallest absolute Gasteiger partial charge is 0.224 e. The van der Waals surface area contributed by atoms with Crippen molar-refractivity contribution in [1.29, 1.82) is 5.26 Å². The maximum atomic E-state index is 9.63. The van der Waals surface area contributed by atoms with Crippen LogP contribution in [0.2, 0.25) is 5.02 Å². The van der Waals surface area contributed by atoms with Crippen molar-refractivity contribution in [3.8, 4) is 6.07 Å². The van der Waals surface area contributed by atoms with E-state index >= 15 is 0 Å². The molecule has 5 rings (SSSR count). The number of nitrogens with two attached hydrogens (primary N) is 1. The molecule has 0 amide bonds. The highest BCUT2D eigenvalue weighted by atomic mass is 35.5. The summed E-state index contributed by atoms with van der Waals surface area (Å²) in [6.07, 6.45) is 10.1. The average molecular weight is 494 g/mol. The van der Waals surface area contributed by atoms with Crippen LogP contribution in [0.15, 0.2) is 30.5 Å². The number of nitrogens with one attached hydrogen (secondary N) is 3. The van der Waals surface area contributed by atoms with Crippen LogP contribution in [0.25, 0.3) is 0 Å². The Balaban J connectivity index is 1.22. The molecule has 3 aliphatic rings. The van der Waals surface area contributed by atoms with E-state index in [0.29, 0.717) is 58.9 Å². The molecule has 3 fully saturated rings. The van der Waals surface area contributed by atoms with Crippen molar-refractivity contribution in [3.63, 3.8) is 0 Å². The van der Waals surface area contributed by atoms with Gasteiger partial charge < -0.3 is 21.7 Å². The topological polar surface area (TPSA) is 112 Å². The van der Waals surface area contributed by atoms with Gasteiger partial charge in [-0.15, -0.1) is 0 Å². The zero-order valence-electron chi connectivity index (χ0n) is 20.4. The molecular formula is C27H36ClN7. The fourth-order valence-electron chi connectivity index (χ4n) is 6.48. The summed E-state index contributed by atoms with van der Waals surface area (Å²) in [4.78, 5) is 8.96. The highest BCUT2D eigenvalue weighted by Gasteiger charge is 2.46. The van der Waals surface area contributed by atoms with Gasteiger partial charge >= 0.3 is 0 Å². The molecule has 2 aromatic rings. The van der Waals surface area contributed by atoms with Crippen LogP contribution in [-0.2, 0) is 6.54 Å². The van der Waals surface area contributed by atoms with Crippen LogP contribution in [-0.4, -0.2) is 34.6 Å². The molecule has 1 aromatic carbocycles. The van der Waals surface area contributed by atoms with E-state index < -0.39 is 0 Å². The van der Waals surface area contributed by atoms with Gasteiger partial charge in [-0.3, -0.25) is 0 Å². The first kappa shape index (κ1) is 24.3. The molecule has 0 saturated heterocycles. The summed E-state index contributed by atoms with van der Waals surface area (Å²) in [5, 5.41) is 21.1. The number of nitrogens with zero attached hydrogens (tertiary/aromatic N) is 3. The summed E-state index contributed by atoms with van der Waals surface area (Å²) >= 11 is 6.27. The van der Waals surface area contributed by atoms with Crippen LogP contribution >= 0.6 is 11.6 Å². The van der Waals surface area contributed by atoms with Crippen molar-refractivity contribution < 1.29 is 0 Å². The SMILES string of the molecule is CC1(CNc2nc(NCc3ccccc3Cl)ncc2C#N)C[C@H]2CCC[C@@H](C1)C2NC1CC(N)C1. The molecule has 1 aromatic heterocycles. The number of hydrogen-bond acceptors (Lipinski definition) is 7. The molecule has 3 aliphatic carbocycles. The van der Waals surface area contributed by atoms with E-state index in [2.05, 4.69) is 38.9 Å². The first-order valence-electron chi connectivity index (χ1n) is 12.9. The lowest BCUT2D eigenvalue weighted by Gasteiger charge is -2.53. The Kier molecular flexibility index (Phi) is 7.15. The van der Waals surface area contributed by atoms with Gasteiger partial charge in [0, 0.05) is 36.2 Å². The minimum absolute atomic E-state index is 0.173. The maximum Gasteiger partial charge on any atom is 0.224 e. The summed E-state index contributed by atoms with van der Waals surface area (Å²) in [6.45, 7) is 3.72. The Labute approximate surface area is 213 Å². The minimum atomic E-state index is 0.173. The second kappa shape index (κ2) is 10.3. The van der Waals surface area contributed by atoms with Gasteiger partial charge in [-0.05, 0) is 67.4 Å². The third-order valence-electron chi connectivity index (χ3n) is 8.26. The molecule has 1 heterocycles. The summed E-state index contributed by atoms with van der Waals surface area (Å²) in [7, 11) is 0. The third kappa shape index (κ3) is 5.55. The second-order valence-corrected chi connectivity index (χ2v) is 11.6. The first-order valence-corrected chi connectivity index (χ1v) is 13.3. The summed E-state index contributed by atoms with van der Waals surface area (Å²) in [5.41, 5.74) is 7.64. The van der Waals surface area contributed by atoms with Crippen molar-refractivity contribution in [2.75, 3.05) is 17.2 Å². The van der Waals surface area contributed by atoms with Crippen LogP contribution in [0, 0.1) is 28.6 Å². The number of hydrogen-bond donors (Lipinski definition) is 4. The predicted octanol–water partition coefficient (Wildman–Crippen LogP) is 4.69. The zero-order chi connectivity index (χ0) is 24.4. The van der Waals surface area contributed by atoms with E-state index in [1.165, 1.54) is 32.1 Å². The summed E-state index contributed by atoms with van der Waals surface area (Å²) in [6, 6.07) is 11.6. The molecule has 8 heteroatoms. The quantitative estimate of drug-likeness (QED) is 0.422. The zero-order valence-corrected chi connectivity index (χ0v) is 21.2. The van der Waals surface area contributed by atoms with Crippen LogP contribution in [0.4, 0.5) is 11.8 Å². The lowest BCUT2D eigenvalue weighted by molar-refractivity contribution is 0.0251. The molecule has 2 bridgehead atoms. The number of rotatable bonds is 8. The van der Waals surface area contributed by atoms with E-state index in [1.807, 2.05) is 24.3 Å². The normalized spacial score (nSPS) is 31.8. The Morgan fingerprint density at radius 1 is 1.17 bits per heavy atom. The molecule has 35 heavy (non-hydrogen) atoms.